The highest BCUT2D eigenvalue weighted by Crippen LogP contribution is 2.23. The molecular weight excluding hydrogens is 306 g/mol. The van der Waals surface area contributed by atoms with E-state index in [2.05, 4.69) is 15.7 Å². The largest absolute Gasteiger partial charge is 0.444 e. The number of benzene rings is 1. The van der Waals surface area contributed by atoms with Crippen LogP contribution in [0.4, 0.5) is 21.9 Å². The lowest BCUT2D eigenvalue weighted by Gasteiger charge is -2.20. The summed E-state index contributed by atoms with van der Waals surface area (Å²) in [6, 6.07) is 7.26. The number of nitrogen functional groups attached to an aromatic ring is 1. The first-order valence-electron chi connectivity index (χ1n) is 7.85. The van der Waals surface area contributed by atoms with Gasteiger partial charge < -0.3 is 15.8 Å². The second-order valence-electron chi connectivity index (χ2n) is 6.55. The van der Waals surface area contributed by atoms with E-state index in [9.17, 15) is 4.79 Å². The van der Waals surface area contributed by atoms with Crippen LogP contribution >= 0.6 is 0 Å². The Bertz CT molecular complexity index is 703. The summed E-state index contributed by atoms with van der Waals surface area (Å²) in [7, 11) is 1.91. The first kappa shape index (κ1) is 17.7. The van der Waals surface area contributed by atoms with Crippen molar-refractivity contribution in [2.75, 3.05) is 22.9 Å². The second kappa shape index (κ2) is 7.25. The van der Waals surface area contributed by atoms with Crippen LogP contribution < -0.4 is 16.4 Å². The molecule has 0 bridgehead atoms. The molecule has 0 radical (unpaired) electrons. The molecule has 24 heavy (non-hydrogen) atoms. The molecule has 1 aromatic carbocycles. The molecule has 2 rings (SSSR count). The number of aryl methyl sites for hydroxylation is 1. The van der Waals surface area contributed by atoms with E-state index in [0.29, 0.717) is 17.9 Å². The average molecular weight is 331 g/mol. The van der Waals surface area contributed by atoms with Gasteiger partial charge in [-0.05, 0) is 45.0 Å². The summed E-state index contributed by atoms with van der Waals surface area (Å²) in [6.07, 6.45) is 2.10. The lowest BCUT2D eigenvalue weighted by atomic mass is 10.2. The third-order valence-corrected chi connectivity index (χ3v) is 3.32. The Hall–Kier alpha value is -2.70. The lowest BCUT2D eigenvalue weighted by molar-refractivity contribution is 0.0636. The van der Waals surface area contributed by atoms with Crippen molar-refractivity contribution in [3.05, 3.63) is 36.2 Å². The molecule has 130 valence electrons. The number of nitrogens with two attached hydrogens (primary N) is 1. The maximum absolute atomic E-state index is 11.8. The number of nitrogens with one attached hydrogen (secondary N) is 2. The highest BCUT2D eigenvalue weighted by molar-refractivity contribution is 5.87. The van der Waals surface area contributed by atoms with Gasteiger partial charge in [0.15, 0.2) is 0 Å². The molecule has 0 aliphatic carbocycles. The molecular formula is C17H25N5O2. The van der Waals surface area contributed by atoms with Crippen molar-refractivity contribution in [2.24, 2.45) is 7.05 Å². The number of amides is 1. The van der Waals surface area contributed by atoms with Crippen LogP contribution in [-0.2, 0) is 18.2 Å². The zero-order valence-electron chi connectivity index (χ0n) is 14.6. The summed E-state index contributed by atoms with van der Waals surface area (Å²) < 4.78 is 7.08. The number of hydrogen-bond acceptors (Lipinski definition) is 5. The van der Waals surface area contributed by atoms with Crippen LogP contribution in [-0.4, -0.2) is 28.0 Å². The van der Waals surface area contributed by atoms with Gasteiger partial charge in [0, 0.05) is 37.6 Å². The van der Waals surface area contributed by atoms with Crippen LogP contribution in [0.15, 0.2) is 30.5 Å². The molecule has 0 aliphatic rings. The van der Waals surface area contributed by atoms with E-state index < -0.39 is 11.7 Å². The molecule has 0 unspecified atom stereocenters. The van der Waals surface area contributed by atoms with Gasteiger partial charge in [0.05, 0.1) is 11.4 Å². The zero-order valence-corrected chi connectivity index (χ0v) is 14.6. The first-order valence-corrected chi connectivity index (χ1v) is 7.85. The third-order valence-electron chi connectivity index (χ3n) is 3.32. The van der Waals surface area contributed by atoms with Crippen molar-refractivity contribution in [1.82, 2.24) is 9.78 Å². The standard InChI is InChI=1S/C17H25N5O2/c1-17(2,3)24-16(23)21-12-5-6-14(18)15(11-12)19-9-7-13-8-10-20-22(13)4/h5-6,8,10-11,19H,7,9,18H2,1-4H3,(H,21,23). The molecule has 0 fully saturated rings. The van der Waals surface area contributed by atoms with Gasteiger partial charge in [-0.25, -0.2) is 4.79 Å². The molecule has 0 atom stereocenters. The van der Waals surface area contributed by atoms with Gasteiger partial charge in [-0.1, -0.05) is 0 Å². The average Bonchev–Trinajstić information content (AvgIpc) is 2.86. The van der Waals surface area contributed by atoms with Crippen molar-refractivity contribution in [2.45, 2.75) is 32.8 Å². The van der Waals surface area contributed by atoms with Crippen LogP contribution in [0.25, 0.3) is 0 Å². The number of nitrogens with zero attached hydrogens (tertiary/aromatic N) is 2. The van der Waals surface area contributed by atoms with Crippen molar-refractivity contribution in [1.29, 1.82) is 0 Å². The van der Waals surface area contributed by atoms with E-state index in [1.54, 1.807) is 24.4 Å². The molecule has 7 heteroatoms. The Morgan fingerprint density at radius 3 is 2.71 bits per heavy atom. The van der Waals surface area contributed by atoms with E-state index in [-0.39, 0.29) is 0 Å². The quantitative estimate of drug-likeness (QED) is 0.732. The molecule has 2 aromatic rings. The van der Waals surface area contributed by atoms with Crippen LogP contribution in [0.1, 0.15) is 26.5 Å². The van der Waals surface area contributed by atoms with Crippen LogP contribution in [0.2, 0.25) is 0 Å². The maximum atomic E-state index is 11.8. The molecule has 1 heterocycles. The highest BCUT2D eigenvalue weighted by Gasteiger charge is 2.16. The topological polar surface area (TPSA) is 94.2 Å². The van der Waals surface area contributed by atoms with Crippen LogP contribution in [0.5, 0.6) is 0 Å². The van der Waals surface area contributed by atoms with Gasteiger partial charge in [-0.15, -0.1) is 0 Å². The Morgan fingerprint density at radius 1 is 1.33 bits per heavy atom. The molecule has 0 aliphatic heterocycles. The minimum absolute atomic E-state index is 0.492. The molecule has 1 aromatic heterocycles. The SMILES string of the molecule is Cn1nccc1CCNc1cc(NC(=O)OC(C)(C)C)ccc1N. The summed E-state index contributed by atoms with van der Waals surface area (Å²) in [6.45, 7) is 6.17. The van der Waals surface area contributed by atoms with Gasteiger partial charge in [0.1, 0.15) is 5.60 Å². The van der Waals surface area contributed by atoms with Gasteiger partial charge in [-0.2, -0.15) is 5.10 Å². The van der Waals surface area contributed by atoms with Crippen molar-refractivity contribution in [3.8, 4) is 0 Å². The summed E-state index contributed by atoms with van der Waals surface area (Å²) >= 11 is 0. The number of rotatable bonds is 5. The Balaban J connectivity index is 1.95. The Labute approximate surface area is 142 Å². The molecule has 1 amide bonds. The minimum atomic E-state index is -0.540. The van der Waals surface area contributed by atoms with Crippen LogP contribution in [0.3, 0.4) is 0 Å². The zero-order chi connectivity index (χ0) is 17.7. The predicted octanol–water partition coefficient (Wildman–Crippen LogP) is 3.00. The van der Waals surface area contributed by atoms with Crippen molar-refractivity contribution < 1.29 is 9.53 Å². The summed E-state index contributed by atoms with van der Waals surface area (Å²) in [4.78, 5) is 11.8. The van der Waals surface area contributed by atoms with Gasteiger partial charge in [-0.3, -0.25) is 10.00 Å². The van der Waals surface area contributed by atoms with Crippen molar-refractivity contribution >= 4 is 23.2 Å². The fourth-order valence-electron chi connectivity index (χ4n) is 2.18. The van der Waals surface area contributed by atoms with Gasteiger partial charge in [0.2, 0.25) is 0 Å². The van der Waals surface area contributed by atoms with Gasteiger partial charge >= 0.3 is 6.09 Å². The molecule has 7 nitrogen and oxygen atoms in total. The maximum Gasteiger partial charge on any atom is 0.412 e. The normalized spacial score (nSPS) is 11.2. The van der Waals surface area contributed by atoms with E-state index in [1.165, 1.54) is 0 Å². The van der Waals surface area contributed by atoms with E-state index in [4.69, 9.17) is 10.5 Å². The predicted molar refractivity (Wildman–Crippen MR) is 96.1 cm³/mol. The molecule has 0 saturated carbocycles. The number of carbonyl (C=O) groups is 1. The molecule has 0 saturated heterocycles. The van der Waals surface area contributed by atoms with Gasteiger partial charge in [0.25, 0.3) is 0 Å². The van der Waals surface area contributed by atoms with E-state index in [0.717, 1.165) is 17.8 Å². The monoisotopic (exact) mass is 331 g/mol. The fourth-order valence-corrected chi connectivity index (χ4v) is 2.18. The number of carbonyl (C=O) groups excluding carboxylic acids is 1. The summed E-state index contributed by atoms with van der Waals surface area (Å²) in [5.41, 5.74) is 8.59. The highest BCUT2D eigenvalue weighted by atomic mass is 16.6. The van der Waals surface area contributed by atoms with Crippen molar-refractivity contribution in [3.63, 3.8) is 0 Å². The Kier molecular flexibility index (Phi) is 5.33. The summed E-state index contributed by atoms with van der Waals surface area (Å²) in [5.74, 6) is 0. The molecule has 0 spiro atoms. The lowest BCUT2D eigenvalue weighted by Crippen LogP contribution is -2.27. The Morgan fingerprint density at radius 2 is 2.08 bits per heavy atom. The second-order valence-corrected chi connectivity index (χ2v) is 6.55. The number of hydrogen-bond donors (Lipinski definition) is 3. The van der Waals surface area contributed by atoms with E-state index >= 15 is 0 Å². The number of ether oxygens (including phenoxy) is 1. The van der Waals surface area contributed by atoms with Crippen LogP contribution in [0, 0.1) is 0 Å². The fraction of sp³-hybridized carbons (Fsp3) is 0.412. The number of anilines is 3. The summed E-state index contributed by atoms with van der Waals surface area (Å²) in [5, 5.41) is 10.1. The molecule has 4 N–H and O–H groups in total. The first-order chi connectivity index (χ1) is 11.2. The number of aromatic nitrogens is 2. The van der Waals surface area contributed by atoms with E-state index in [1.807, 2.05) is 38.6 Å². The third kappa shape index (κ3) is 5.19. The minimum Gasteiger partial charge on any atom is -0.444 e. The smallest absolute Gasteiger partial charge is 0.412 e.